The molecule has 0 aromatic heterocycles. The van der Waals surface area contributed by atoms with Gasteiger partial charge in [-0.3, -0.25) is 4.74 Å². The van der Waals surface area contributed by atoms with Crippen LogP contribution in [-0.2, 0) is 23.7 Å². The number of hydrogen-bond donors (Lipinski definition) is 3. The van der Waals surface area contributed by atoms with Crippen molar-refractivity contribution < 1.29 is 66.0 Å². The number of halogens is 4. The normalized spacial score (nSPS) is 14.1. The smallest absolute Gasteiger partial charge is 0.383 e. The molecule has 0 heterocycles. The third kappa shape index (κ3) is 14.5. The Kier molecular flexibility index (Phi) is 14.2. The van der Waals surface area contributed by atoms with Gasteiger partial charge in [0.25, 0.3) is 0 Å². The molecule has 0 bridgehead atoms. The van der Waals surface area contributed by atoms with Crippen molar-refractivity contribution in [3.63, 3.8) is 0 Å². The molecule has 0 radical (unpaired) electrons. The fourth-order valence-electron chi connectivity index (χ4n) is 2.17. The van der Waals surface area contributed by atoms with Crippen molar-refractivity contribution >= 4 is 0 Å². The summed E-state index contributed by atoms with van der Waals surface area (Å²) in [5.41, 5.74) is 0. The van der Waals surface area contributed by atoms with Gasteiger partial charge < -0.3 is 43.7 Å². The van der Waals surface area contributed by atoms with Gasteiger partial charge in [0.2, 0.25) is 0 Å². The molecular formula is C20H30F4O10. The number of alkyl halides is 4. The average Bonchev–Trinajstić information content (AvgIpc) is 2.78. The fraction of sp³-hybridized carbons (Fsp3) is 0.700. The van der Waals surface area contributed by atoms with Crippen molar-refractivity contribution in [2.45, 2.75) is 24.4 Å². The summed E-state index contributed by atoms with van der Waals surface area (Å²) in [4.78, 5) is 0. The van der Waals surface area contributed by atoms with Gasteiger partial charge in [-0.2, -0.15) is 17.6 Å². The monoisotopic (exact) mass is 506 g/mol. The molecule has 0 saturated carbocycles. The Balaban J connectivity index is 2.17. The number of aliphatic hydroxyl groups excluding tert-OH is 3. The van der Waals surface area contributed by atoms with E-state index in [1.165, 1.54) is 7.11 Å². The molecule has 14 heteroatoms. The third-order valence-electron chi connectivity index (χ3n) is 3.71. The molecule has 0 aliphatic rings. The highest BCUT2D eigenvalue weighted by atomic mass is 19.3. The molecule has 3 N–H and O–H groups in total. The Labute approximate surface area is 193 Å². The number of methoxy groups -OCH3 is 1. The SMILES string of the molecule is COc1ccc(OCC(O)COCC(F)(F)OC(F)(F)COCOCCOCC(O)CO)cc1. The van der Waals surface area contributed by atoms with Crippen LogP contribution in [-0.4, -0.2) is 107 Å². The molecule has 0 aliphatic heterocycles. The van der Waals surface area contributed by atoms with E-state index in [0.29, 0.717) is 11.5 Å². The fourth-order valence-corrected chi connectivity index (χ4v) is 2.17. The number of hydrogen-bond acceptors (Lipinski definition) is 10. The molecule has 2 atom stereocenters. The number of aliphatic hydroxyl groups is 3. The molecule has 1 aromatic rings. The number of ether oxygens (including phenoxy) is 7. The first-order chi connectivity index (χ1) is 16.1. The molecule has 10 nitrogen and oxygen atoms in total. The zero-order chi connectivity index (χ0) is 25.5. The summed E-state index contributed by atoms with van der Waals surface area (Å²) in [6.45, 7) is -5.30. The molecule has 0 saturated heterocycles. The van der Waals surface area contributed by atoms with Crippen LogP contribution in [0.3, 0.4) is 0 Å². The lowest BCUT2D eigenvalue weighted by molar-refractivity contribution is -0.396. The highest BCUT2D eigenvalue weighted by Gasteiger charge is 2.44. The van der Waals surface area contributed by atoms with E-state index >= 15 is 0 Å². The maximum absolute atomic E-state index is 13.6. The predicted octanol–water partition coefficient (Wildman–Crippen LogP) is 1.01. The van der Waals surface area contributed by atoms with E-state index in [1.54, 1.807) is 24.3 Å². The van der Waals surface area contributed by atoms with Crippen molar-refractivity contribution in [3.05, 3.63) is 24.3 Å². The molecule has 2 unspecified atom stereocenters. The van der Waals surface area contributed by atoms with Gasteiger partial charge in [0.15, 0.2) is 0 Å². The summed E-state index contributed by atoms with van der Waals surface area (Å²) in [6, 6.07) is 6.38. The minimum Gasteiger partial charge on any atom is -0.497 e. The molecule has 198 valence electrons. The summed E-state index contributed by atoms with van der Waals surface area (Å²) in [7, 11) is 1.49. The predicted molar refractivity (Wildman–Crippen MR) is 107 cm³/mol. The van der Waals surface area contributed by atoms with Crippen molar-refractivity contribution in [3.8, 4) is 11.5 Å². The van der Waals surface area contributed by atoms with Crippen LogP contribution in [0, 0.1) is 0 Å². The summed E-state index contributed by atoms with van der Waals surface area (Å²) >= 11 is 0. The minimum atomic E-state index is -4.36. The standard InChI is InChI=1S/C20H30F4O10/c1-28-17-2-4-18(5-3-17)33-11-16(27)10-31-12-19(21,22)34-20(23,24)13-32-14-30-7-6-29-9-15(26)8-25/h2-5,15-16,25-27H,6-14H2,1H3. The van der Waals surface area contributed by atoms with Crippen LogP contribution >= 0.6 is 0 Å². The number of rotatable bonds is 20. The molecular weight excluding hydrogens is 476 g/mol. The van der Waals surface area contributed by atoms with Crippen LogP contribution in [0.5, 0.6) is 11.5 Å². The molecule has 34 heavy (non-hydrogen) atoms. The van der Waals surface area contributed by atoms with E-state index < -0.39 is 57.6 Å². The van der Waals surface area contributed by atoms with E-state index in [9.17, 15) is 22.7 Å². The molecule has 0 amide bonds. The van der Waals surface area contributed by atoms with E-state index in [-0.39, 0.29) is 26.4 Å². The van der Waals surface area contributed by atoms with E-state index in [1.807, 2.05) is 0 Å². The molecule has 0 fully saturated rings. The van der Waals surface area contributed by atoms with Gasteiger partial charge >= 0.3 is 12.2 Å². The number of benzene rings is 1. The lowest BCUT2D eigenvalue weighted by Gasteiger charge is -2.24. The maximum Gasteiger partial charge on any atom is 0.383 e. The molecule has 0 aliphatic carbocycles. The van der Waals surface area contributed by atoms with Crippen LogP contribution in [0.4, 0.5) is 17.6 Å². The second-order valence-electron chi connectivity index (χ2n) is 6.82. The van der Waals surface area contributed by atoms with Crippen LogP contribution in [0.15, 0.2) is 24.3 Å². The van der Waals surface area contributed by atoms with E-state index in [0.717, 1.165) is 0 Å². The highest BCUT2D eigenvalue weighted by molar-refractivity contribution is 5.31. The highest BCUT2D eigenvalue weighted by Crippen LogP contribution is 2.27. The molecule has 1 aromatic carbocycles. The Hall–Kier alpha value is -1.78. The van der Waals surface area contributed by atoms with E-state index in [4.69, 9.17) is 29.2 Å². The zero-order valence-electron chi connectivity index (χ0n) is 18.5. The largest absolute Gasteiger partial charge is 0.497 e. The second kappa shape index (κ2) is 16.0. The first-order valence-electron chi connectivity index (χ1n) is 10.1. The summed E-state index contributed by atoms with van der Waals surface area (Å²) in [5, 5.41) is 27.3. The van der Waals surface area contributed by atoms with Gasteiger partial charge in [0.05, 0.1) is 40.1 Å². The van der Waals surface area contributed by atoms with Gasteiger partial charge in [0, 0.05) is 0 Å². The minimum absolute atomic E-state index is 0.0142. The van der Waals surface area contributed by atoms with Crippen LogP contribution in [0.1, 0.15) is 0 Å². The topological polar surface area (TPSA) is 125 Å². The van der Waals surface area contributed by atoms with Crippen molar-refractivity contribution in [1.29, 1.82) is 0 Å². The van der Waals surface area contributed by atoms with Crippen molar-refractivity contribution in [1.82, 2.24) is 0 Å². The van der Waals surface area contributed by atoms with Gasteiger partial charge in [-0.25, -0.2) is 0 Å². The van der Waals surface area contributed by atoms with E-state index in [2.05, 4.69) is 14.2 Å². The second-order valence-corrected chi connectivity index (χ2v) is 6.82. The lowest BCUT2D eigenvalue weighted by atomic mass is 10.3. The zero-order valence-corrected chi connectivity index (χ0v) is 18.5. The first-order valence-corrected chi connectivity index (χ1v) is 10.1. The maximum atomic E-state index is 13.6. The molecule has 1 rings (SSSR count). The molecule has 0 spiro atoms. The van der Waals surface area contributed by atoms with Crippen LogP contribution in [0.2, 0.25) is 0 Å². The average molecular weight is 506 g/mol. The Bertz CT molecular complexity index is 651. The third-order valence-corrected chi connectivity index (χ3v) is 3.71. The van der Waals surface area contributed by atoms with Gasteiger partial charge in [-0.15, -0.1) is 0 Å². The first kappa shape index (κ1) is 30.3. The van der Waals surface area contributed by atoms with Crippen LogP contribution in [0.25, 0.3) is 0 Å². The Morgan fingerprint density at radius 1 is 0.765 bits per heavy atom. The summed E-state index contributed by atoms with van der Waals surface area (Å²) in [6.07, 6.45) is -11.0. The summed E-state index contributed by atoms with van der Waals surface area (Å²) in [5.74, 6) is 0.986. The van der Waals surface area contributed by atoms with Crippen LogP contribution < -0.4 is 9.47 Å². The lowest BCUT2D eigenvalue weighted by Crippen LogP contribution is -2.40. The summed E-state index contributed by atoms with van der Waals surface area (Å²) < 4.78 is 86.7. The van der Waals surface area contributed by atoms with Gasteiger partial charge in [-0.1, -0.05) is 0 Å². The Morgan fingerprint density at radius 2 is 1.32 bits per heavy atom. The van der Waals surface area contributed by atoms with Crippen molar-refractivity contribution in [2.24, 2.45) is 0 Å². The Morgan fingerprint density at radius 3 is 1.94 bits per heavy atom. The van der Waals surface area contributed by atoms with Crippen molar-refractivity contribution in [2.75, 3.05) is 66.8 Å². The van der Waals surface area contributed by atoms with Gasteiger partial charge in [0.1, 0.15) is 50.3 Å². The van der Waals surface area contributed by atoms with Gasteiger partial charge in [-0.05, 0) is 24.3 Å². The quantitative estimate of drug-likeness (QED) is 0.134.